The molecule has 0 atom stereocenters. The maximum atomic E-state index is 13.7. The standard InChI is InChI=1S/C22H23FN4O3S/c1-14-3-4-15(12-19(14)23)11-18-13-26-22(31-18)27-21(29)25-10-9-24-20(28)16-5-7-17(30-2)8-6-16/h3-8,12-13H,9-11H2,1-2H3,(H,24,28)(H2,25,26,27,29). The molecule has 0 bridgehead atoms. The fourth-order valence-corrected chi connectivity index (χ4v) is 3.57. The Morgan fingerprint density at radius 2 is 1.84 bits per heavy atom. The Morgan fingerprint density at radius 1 is 1.10 bits per heavy atom. The van der Waals surface area contributed by atoms with Gasteiger partial charge in [0.2, 0.25) is 0 Å². The summed E-state index contributed by atoms with van der Waals surface area (Å²) in [5, 5.41) is 8.50. The number of nitrogens with zero attached hydrogens (tertiary/aromatic N) is 1. The summed E-state index contributed by atoms with van der Waals surface area (Å²) >= 11 is 1.32. The van der Waals surface area contributed by atoms with Gasteiger partial charge in [-0.2, -0.15) is 0 Å². The van der Waals surface area contributed by atoms with Gasteiger partial charge >= 0.3 is 6.03 Å². The molecule has 0 aliphatic carbocycles. The summed E-state index contributed by atoms with van der Waals surface area (Å²) in [5.74, 6) is 0.201. The van der Waals surface area contributed by atoms with E-state index in [0.717, 1.165) is 10.4 Å². The molecule has 31 heavy (non-hydrogen) atoms. The van der Waals surface area contributed by atoms with E-state index in [1.165, 1.54) is 17.4 Å². The van der Waals surface area contributed by atoms with Crippen molar-refractivity contribution in [1.29, 1.82) is 0 Å². The van der Waals surface area contributed by atoms with Gasteiger partial charge < -0.3 is 15.4 Å². The molecule has 0 aliphatic rings. The van der Waals surface area contributed by atoms with E-state index < -0.39 is 6.03 Å². The Balaban J connectivity index is 1.39. The second-order valence-electron chi connectivity index (χ2n) is 6.76. The molecule has 0 aliphatic heterocycles. The van der Waals surface area contributed by atoms with Gasteiger partial charge in [0, 0.05) is 36.1 Å². The van der Waals surface area contributed by atoms with Crippen LogP contribution in [0.25, 0.3) is 0 Å². The van der Waals surface area contributed by atoms with Crippen molar-refractivity contribution in [3.8, 4) is 5.75 Å². The van der Waals surface area contributed by atoms with E-state index in [9.17, 15) is 14.0 Å². The van der Waals surface area contributed by atoms with Crippen LogP contribution in [-0.4, -0.2) is 37.1 Å². The molecule has 7 nitrogen and oxygen atoms in total. The predicted octanol–water partition coefficient (Wildman–Crippen LogP) is 3.74. The number of benzene rings is 2. The molecule has 0 saturated carbocycles. The van der Waals surface area contributed by atoms with Gasteiger partial charge in [0.05, 0.1) is 7.11 Å². The van der Waals surface area contributed by atoms with Crippen molar-refractivity contribution >= 4 is 28.4 Å². The Kier molecular flexibility index (Phi) is 7.55. The van der Waals surface area contributed by atoms with Crippen molar-refractivity contribution in [1.82, 2.24) is 15.6 Å². The molecule has 3 N–H and O–H groups in total. The molecule has 9 heteroatoms. The highest BCUT2D eigenvalue weighted by Crippen LogP contribution is 2.22. The van der Waals surface area contributed by atoms with Crippen LogP contribution < -0.4 is 20.7 Å². The fraction of sp³-hybridized carbons (Fsp3) is 0.227. The highest BCUT2D eigenvalue weighted by Gasteiger charge is 2.09. The van der Waals surface area contributed by atoms with E-state index in [1.54, 1.807) is 50.6 Å². The molecule has 0 spiro atoms. The van der Waals surface area contributed by atoms with Crippen LogP contribution in [0.3, 0.4) is 0 Å². The number of nitrogens with one attached hydrogen (secondary N) is 3. The summed E-state index contributed by atoms with van der Waals surface area (Å²) in [6.07, 6.45) is 2.20. The molecule has 3 amide bonds. The van der Waals surface area contributed by atoms with Crippen LogP contribution in [-0.2, 0) is 6.42 Å². The van der Waals surface area contributed by atoms with Gasteiger partial charge in [-0.15, -0.1) is 11.3 Å². The van der Waals surface area contributed by atoms with Crippen molar-refractivity contribution in [3.63, 3.8) is 0 Å². The number of anilines is 1. The molecule has 2 aromatic carbocycles. The third-order valence-corrected chi connectivity index (χ3v) is 5.35. The first-order valence-electron chi connectivity index (χ1n) is 9.61. The second kappa shape index (κ2) is 10.5. The van der Waals surface area contributed by atoms with Gasteiger partial charge in [0.25, 0.3) is 5.91 Å². The third kappa shape index (κ3) is 6.51. The van der Waals surface area contributed by atoms with E-state index in [2.05, 4.69) is 20.9 Å². The predicted molar refractivity (Wildman–Crippen MR) is 118 cm³/mol. The number of hydrogen-bond acceptors (Lipinski definition) is 5. The first-order valence-corrected chi connectivity index (χ1v) is 10.4. The minimum Gasteiger partial charge on any atom is -0.497 e. The van der Waals surface area contributed by atoms with Crippen LogP contribution in [0.4, 0.5) is 14.3 Å². The summed E-state index contributed by atoms with van der Waals surface area (Å²) in [5.41, 5.74) is 1.96. The summed E-state index contributed by atoms with van der Waals surface area (Å²) in [7, 11) is 1.56. The van der Waals surface area contributed by atoms with E-state index in [0.29, 0.717) is 28.4 Å². The van der Waals surface area contributed by atoms with Gasteiger partial charge in [0.1, 0.15) is 11.6 Å². The number of rotatable bonds is 8. The zero-order chi connectivity index (χ0) is 22.2. The summed E-state index contributed by atoms with van der Waals surface area (Å²) < 4.78 is 18.7. The smallest absolute Gasteiger partial charge is 0.321 e. The fourth-order valence-electron chi connectivity index (χ4n) is 2.73. The van der Waals surface area contributed by atoms with Gasteiger partial charge in [-0.05, 0) is 48.4 Å². The van der Waals surface area contributed by atoms with Crippen molar-refractivity contribution in [2.24, 2.45) is 0 Å². The molecular weight excluding hydrogens is 419 g/mol. The SMILES string of the molecule is COc1ccc(C(=O)NCCNC(=O)Nc2ncc(Cc3ccc(C)c(F)c3)s2)cc1. The quantitative estimate of drug-likeness (QED) is 0.464. The minimum atomic E-state index is -0.416. The molecule has 0 saturated heterocycles. The molecule has 1 aromatic heterocycles. The van der Waals surface area contributed by atoms with Crippen LogP contribution in [0.1, 0.15) is 26.4 Å². The van der Waals surface area contributed by atoms with Gasteiger partial charge in [-0.1, -0.05) is 12.1 Å². The van der Waals surface area contributed by atoms with E-state index >= 15 is 0 Å². The Bertz CT molecular complexity index is 1050. The average Bonchev–Trinajstić information content (AvgIpc) is 3.20. The van der Waals surface area contributed by atoms with Gasteiger partial charge in [-0.3, -0.25) is 10.1 Å². The number of carbonyl (C=O) groups is 2. The van der Waals surface area contributed by atoms with Crippen LogP contribution >= 0.6 is 11.3 Å². The lowest BCUT2D eigenvalue weighted by Gasteiger charge is -2.08. The van der Waals surface area contributed by atoms with E-state index in [-0.39, 0.29) is 24.8 Å². The maximum Gasteiger partial charge on any atom is 0.321 e. The number of urea groups is 1. The normalized spacial score (nSPS) is 10.4. The number of thiazole rings is 1. The lowest BCUT2D eigenvalue weighted by molar-refractivity contribution is 0.0954. The van der Waals surface area contributed by atoms with Crippen molar-refractivity contribution in [3.05, 3.63) is 76.0 Å². The summed E-state index contributed by atoms with van der Waals surface area (Å²) in [6, 6.07) is 11.5. The number of halogens is 1. The van der Waals surface area contributed by atoms with Gasteiger partial charge in [-0.25, -0.2) is 14.2 Å². The number of ether oxygens (including phenoxy) is 1. The zero-order valence-corrected chi connectivity index (χ0v) is 18.0. The number of aryl methyl sites for hydroxylation is 1. The van der Waals surface area contributed by atoms with Gasteiger partial charge in [0.15, 0.2) is 5.13 Å². The van der Waals surface area contributed by atoms with Crippen molar-refractivity contribution in [2.75, 3.05) is 25.5 Å². The maximum absolute atomic E-state index is 13.7. The highest BCUT2D eigenvalue weighted by molar-refractivity contribution is 7.15. The topological polar surface area (TPSA) is 92.4 Å². The lowest BCUT2D eigenvalue weighted by Crippen LogP contribution is -2.36. The monoisotopic (exact) mass is 442 g/mol. The minimum absolute atomic E-state index is 0.234. The molecule has 0 fully saturated rings. The number of carbonyl (C=O) groups excluding carboxylic acids is 2. The molecule has 3 aromatic rings. The highest BCUT2D eigenvalue weighted by atomic mass is 32.1. The molecule has 0 unspecified atom stereocenters. The molecular formula is C22H23FN4O3S. The number of aromatic nitrogens is 1. The summed E-state index contributed by atoms with van der Waals surface area (Å²) in [4.78, 5) is 29.2. The molecule has 1 heterocycles. The number of methoxy groups -OCH3 is 1. The van der Waals surface area contributed by atoms with E-state index in [4.69, 9.17) is 4.74 Å². The van der Waals surface area contributed by atoms with Crippen LogP contribution in [0.5, 0.6) is 5.75 Å². The van der Waals surface area contributed by atoms with E-state index in [1.807, 2.05) is 6.07 Å². The lowest BCUT2D eigenvalue weighted by atomic mass is 10.1. The second-order valence-corrected chi connectivity index (χ2v) is 7.87. The number of amides is 3. The Morgan fingerprint density at radius 3 is 2.55 bits per heavy atom. The molecule has 3 rings (SSSR count). The first kappa shape index (κ1) is 22.2. The molecule has 162 valence electrons. The molecule has 0 radical (unpaired) electrons. The van der Waals surface area contributed by atoms with Crippen LogP contribution in [0.15, 0.2) is 48.7 Å². The van der Waals surface area contributed by atoms with Crippen molar-refractivity contribution in [2.45, 2.75) is 13.3 Å². The third-order valence-electron chi connectivity index (χ3n) is 4.44. The average molecular weight is 443 g/mol. The Hall–Kier alpha value is -3.46. The largest absolute Gasteiger partial charge is 0.497 e. The summed E-state index contributed by atoms with van der Waals surface area (Å²) in [6.45, 7) is 2.26. The first-order chi connectivity index (χ1) is 14.9. The van der Waals surface area contributed by atoms with Crippen molar-refractivity contribution < 1.29 is 18.7 Å². The van der Waals surface area contributed by atoms with Crippen LogP contribution in [0, 0.1) is 12.7 Å². The van der Waals surface area contributed by atoms with Crippen LogP contribution in [0.2, 0.25) is 0 Å². The number of hydrogen-bond donors (Lipinski definition) is 3. The Labute approximate surface area is 183 Å². The zero-order valence-electron chi connectivity index (χ0n) is 17.2.